The second kappa shape index (κ2) is 9.29. The van der Waals surface area contributed by atoms with Crippen molar-refractivity contribution >= 4 is 49.1 Å². The van der Waals surface area contributed by atoms with Crippen LogP contribution in [0.1, 0.15) is 0 Å². The lowest BCUT2D eigenvalue weighted by molar-refractivity contribution is 0.484. The number of hydrogen-bond acceptors (Lipinski definition) is 3. The molecule has 9 aromatic rings. The molecule has 0 aliphatic carbocycles. The maximum Gasteiger partial charge on any atom is 0.145 e. The molecule has 0 spiro atoms. The van der Waals surface area contributed by atoms with Gasteiger partial charge in [-0.05, 0) is 71.1 Å². The lowest BCUT2D eigenvalue weighted by atomic mass is 9.96. The molecule has 4 heterocycles. The SMILES string of the molecule is c1ccc(-c2cccc3c2c2ccc(Oc4ccc5c6ccccc6n(-c6ccccn6)c5c4)cc2c2nccn32)cc1. The summed E-state index contributed by atoms with van der Waals surface area (Å²) in [5, 5.41) is 5.73. The third-order valence-electron chi connectivity index (χ3n) is 8.29. The number of rotatable bonds is 4. The van der Waals surface area contributed by atoms with E-state index in [9.17, 15) is 0 Å². The van der Waals surface area contributed by atoms with E-state index in [1.807, 2.05) is 42.9 Å². The molecule has 0 saturated carbocycles. The van der Waals surface area contributed by atoms with E-state index in [4.69, 9.17) is 9.72 Å². The van der Waals surface area contributed by atoms with Gasteiger partial charge in [0.2, 0.25) is 0 Å². The maximum atomic E-state index is 6.56. The molecule has 0 aliphatic heterocycles. The van der Waals surface area contributed by atoms with Crippen LogP contribution in [0.4, 0.5) is 0 Å². The minimum absolute atomic E-state index is 0.758. The van der Waals surface area contributed by atoms with Gasteiger partial charge in [-0.2, -0.15) is 0 Å². The molecule has 9 rings (SSSR count). The zero-order valence-electron chi connectivity index (χ0n) is 23.1. The molecule has 5 heteroatoms. The highest BCUT2D eigenvalue weighted by molar-refractivity contribution is 6.17. The van der Waals surface area contributed by atoms with E-state index in [-0.39, 0.29) is 0 Å². The van der Waals surface area contributed by atoms with Gasteiger partial charge in [-0.1, -0.05) is 66.7 Å². The molecule has 202 valence electrons. The molecule has 0 fully saturated rings. The van der Waals surface area contributed by atoms with Crippen molar-refractivity contribution in [2.45, 2.75) is 0 Å². The number of benzene rings is 5. The van der Waals surface area contributed by atoms with Gasteiger partial charge >= 0.3 is 0 Å². The summed E-state index contributed by atoms with van der Waals surface area (Å²) in [6.45, 7) is 0. The molecule has 43 heavy (non-hydrogen) atoms. The van der Waals surface area contributed by atoms with E-state index in [2.05, 4.69) is 117 Å². The van der Waals surface area contributed by atoms with Crippen molar-refractivity contribution in [1.29, 1.82) is 0 Å². The van der Waals surface area contributed by atoms with Crippen LogP contribution in [0.2, 0.25) is 0 Å². The molecule has 0 bridgehead atoms. The Labute approximate surface area is 246 Å². The van der Waals surface area contributed by atoms with Crippen molar-refractivity contribution in [3.8, 4) is 28.4 Å². The van der Waals surface area contributed by atoms with E-state index in [0.717, 1.165) is 55.7 Å². The summed E-state index contributed by atoms with van der Waals surface area (Å²) in [6, 6.07) is 44.1. The normalized spacial score (nSPS) is 11.7. The first-order chi connectivity index (χ1) is 21.3. The largest absolute Gasteiger partial charge is 0.457 e. The zero-order chi connectivity index (χ0) is 28.3. The highest BCUT2D eigenvalue weighted by Crippen LogP contribution is 2.39. The topological polar surface area (TPSA) is 44.3 Å². The number of pyridine rings is 2. The van der Waals surface area contributed by atoms with Crippen LogP contribution in [-0.2, 0) is 0 Å². The van der Waals surface area contributed by atoms with Crippen LogP contribution < -0.4 is 4.74 Å². The van der Waals surface area contributed by atoms with Crippen molar-refractivity contribution < 1.29 is 4.74 Å². The molecule has 5 aromatic carbocycles. The van der Waals surface area contributed by atoms with Crippen molar-refractivity contribution in [1.82, 2.24) is 18.9 Å². The van der Waals surface area contributed by atoms with E-state index in [1.54, 1.807) is 0 Å². The summed E-state index contributed by atoms with van der Waals surface area (Å²) < 4.78 is 10.9. The Kier molecular flexibility index (Phi) is 5.13. The molecule has 4 aromatic heterocycles. The molecular weight excluding hydrogens is 528 g/mol. The van der Waals surface area contributed by atoms with Crippen LogP contribution >= 0.6 is 0 Å². The van der Waals surface area contributed by atoms with Gasteiger partial charge in [-0.3, -0.25) is 8.97 Å². The van der Waals surface area contributed by atoms with Gasteiger partial charge in [0.15, 0.2) is 0 Å². The fraction of sp³-hybridized carbons (Fsp3) is 0. The first-order valence-electron chi connectivity index (χ1n) is 14.3. The summed E-state index contributed by atoms with van der Waals surface area (Å²) in [5.41, 5.74) is 6.58. The maximum absolute atomic E-state index is 6.56. The highest BCUT2D eigenvalue weighted by atomic mass is 16.5. The van der Waals surface area contributed by atoms with E-state index in [1.165, 1.54) is 21.9 Å². The summed E-state index contributed by atoms with van der Waals surface area (Å²) >= 11 is 0. The number of ether oxygens (including phenoxy) is 1. The fourth-order valence-corrected chi connectivity index (χ4v) is 6.45. The monoisotopic (exact) mass is 552 g/mol. The standard InChI is InChI=1S/C38H24N4O/c1-2-9-25(10-3-1)28-12-8-14-34-37(28)31-19-17-26(23-32(31)38-40-21-22-41(34)38)43-27-16-18-30-29-11-4-5-13-33(29)42(35(30)24-27)36-15-6-7-20-39-36/h1-24H. The lowest BCUT2D eigenvalue weighted by Crippen LogP contribution is -1.96. The molecule has 0 unspecified atom stereocenters. The van der Waals surface area contributed by atoms with Gasteiger partial charge in [0.1, 0.15) is 23.0 Å². The Hall–Kier alpha value is -5.94. The Morgan fingerprint density at radius 2 is 1.28 bits per heavy atom. The molecule has 0 radical (unpaired) electrons. The predicted octanol–water partition coefficient (Wildman–Crippen LogP) is 9.59. The van der Waals surface area contributed by atoms with Gasteiger partial charge in [-0.25, -0.2) is 9.97 Å². The van der Waals surface area contributed by atoms with Crippen LogP contribution in [0.5, 0.6) is 11.5 Å². The molecular formula is C38H24N4O. The Balaban J connectivity index is 1.22. The van der Waals surface area contributed by atoms with E-state index >= 15 is 0 Å². The minimum Gasteiger partial charge on any atom is -0.457 e. The number of fused-ring (bicyclic) bond motifs is 9. The van der Waals surface area contributed by atoms with Gasteiger partial charge in [0.05, 0.1) is 16.6 Å². The van der Waals surface area contributed by atoms with Crippen LogP contribution in [0.3, 0.4) is 0 Å². The molecule has 5 nitrogen and oxygen atoms in total. The number of hydrogen-bond donors (Lipinski definition) is 0. The van der Waals surface area contributed by atoms with Crippen molar-refractivity contribution in [2.24, 2.45) is 0 Å². The molecule has 0 aliphatic rings. The first-order valence-corrected chi connectivity index (χ1v) is 14.3. The third kappa shape index (κ3) is 3.65. The first kappa shape index (κ1) is 23.7. The van der Waals surface area contributed by atoms with Gasteiger partial charge in [0.25, 0.3) is 0 Å². The quantitative estimate of drug-likeness (QED) is 0.204. The smallest absolute Gasteiger partial charge is 0.145 e. The van der Waals surface area contributed by atoms with Crippen molar-refractivity contribution in [3.63, 3.8) is 0 Å². The Morgan fingerprint density at radius 3 is 2.16 bits per heavy atom. The van der Waals surface area contributed by atoms with Crippen LogP contribution in [0.25, 0.3) is 66.1 Å². The van der Waals surface area contributed by atoms with Gasteiger partial charge in [-0.15, -0.1) is 0 Å². The Morgan fingerprint density at radius 1 is 0.512 bits per heavy atom. The van der Waals surface area contributed by atoms with Crippen LogP contribution in [0, 0.1) is 0 Å². The summed E-state index contributed by atoms with van der Waals surface area (Å²) in [6.07, 6.45) is 5.72. The summed E-state index contributed by atoms with van der Waals surface area (Å²) in [5.74, 6) is 2.39. The molecule has 0 amide bonds. The average molecular weight is 553 g/mol. The molecule has 0 atom stereocenters. The van der Waals surface area contributed by atoms with E-state index < -0.39 is 0 Å². The van der Waals surface area contributed by atoms with Gasteiger partial charge < -0.3 is 4.74 Å². The second-order valence-corrected chi connectivity index (χ2v) is 10.7. The fourth-order valence-electron chi connectivity index (χ4n) is 6.45. The number of imidazole rings is 1. The van der Waals surface area contributed by atoms with Crippen LogP contribution in [0.15, 0.2) is 146 Å². The number of aromatic nitrogens is 4. The number of nitrogens with zero attached hydrogens (tertiary/aromatic N) is 4. The lowest BCUT2D eigenvalue weighted by Gasteiger charge is -2.14. The second-order valence-electron chi connectivity index (χ2n) is 10.7. The Bertz CT molecular complexity index is 2480. The average Bonchev–Trinajstić information content (AvgIpc) is 3.69. The third-order valence-corrected chi connectivity index (χ3v) is 8.29. The zero-order valence-corrected chi connectivity index (χ0v) is 23.1. The predicted molar refractivity (Wildman–Crippen MR) is 174 cm³/mol. The van der Waals surface area contributed by atoms with Crippen molar-refractivity contribution in [3.05, 3.63) is 146 Å². The van der Waals surface area contributed by atoms with Gasteiger partial charge in [0, 0.05) is 46.2 Å². The number of para-hydroxylation sites is 1. The van der Waals surface area contributed by atoms with E-state index in [0.29, 0.717) is 0 Å². The highest BCUT2D eigenvalue weighted by Gasteiger charge is 2.16. The molecule has 0 N–H and O–H groups in total. The summed E-state index contributed by atoms with van der Waals surface area (Å²) in [7, 11) is 0. The van der Waals surface area contributed by atoms with Crippen molar-refractivity contribution in [2.75, 3.05) is 0 Å². The molecule has 0 saturated heterocycles. The van der Waals surface area contributed by atoms with Crippen LogP contribution in [-0.4, -0.2) is 18.9 Å². The minimum atomic E-state index is 0.758. The summed E-state index contributed by atoms with van der Waals surface area (Å²) in [4.78, 5) is 9.41.